The number of nitrogens with zero attached hydrogens (tertiary/aromatic N) is 4. The number of aliphatic hydroxyl groups excluding tert-OH is 1. The molecule has 0 spiro atoms. The number of rotatable bonds is 1. The zero-order valence-corrected chi connectivity index (χ0v) is 9.30. The van der Waals surface area contributed by atoms with E-state index in [2.05, 4.69) is 24.8 Å². The molecule has 1 saturated heterocycles. The standard InChI is InChI=1S/C10H14N6O/c11-10-14-8-7(12-5-13-8)9(15-10)16-3-1-6(17)2-4-16/h5-6,17H,1-4H2,(H3,11,12,13,14,15). The van der Waals surface area contributed by atoms with Crippen molar-refractivity contribution in [2.24, 2.45) is 0 Å². The van der Waals surface area contributed by atoms with Gasteiger partial charge in [0.05, 0.1) is 12.4 Å². The molecule has 2 aromatic heterocycles. The lowest BCUT2D eigenvalue weighted by molar-refractivity contribution is 0.145. The highest BCUT2D eigenvalue weighted by Gasteiger charge is 2.21. The first kappa shape index (κ1) is 10.3. The van der Waals surface area contributed by atoms with E-state index in [4.69, 9.17) is 5.73 Å². The Morgan fingerprint density at radius 1 is 1.35 bits per heavy atom. The average molecular weight is 234 g/mol. The van der Waals surface area contributed by atoms with E-state index in [1.54, 1.807) is 6.33 Å². The third kappa shape index (κ3) is 1.78. The molecule has 0 aliphatic carbocycles. The van der Waals surface area contributed by atoms with Crippen LogP contribution in [0.2, 0.25) is 0 Å². The zero-order valence-electron chi connectivity index (χ0n) is 9.30. The number of piperidine rings is 1. The van der Waals surface area contributed by atoms with Gasteiger partial charge in [0.1, 0.15) is 5.52 Å². The maximum absolute atomic E-state index is 9.50. The fraction of sp³-hybridized carbons (Fsp3) is 0.500. The van der Waals surface area contributed by atoms with Crippen molar-refractivity contribution in [2.45, 2.75) is 18.9 Å². The Bertz CT molecular complexity index is 531. The average Bonchev–Trinajstić information content (AvgIpc) is 2.77. The number of imidazole rings is 1. The summed E-state index contributed by atoms with van der Waals surface area (Å²) in [5, 5.41) is 9.50. The normalized spacial score (nSPS) is 17.8. The summed E-state index contributed by atoms with van der Waals surface area (Å²) in [6.45, 7) is 1.54. The van der Waals surface area contributed by atoms with Crippen molar-refractivity contribution in [3.05, 3.63) is 6.33 Å². The first-order valence-electron chi connectivity index (χ1n) is 5.63. The van der Waals surface area contributed by atoms with Crippen LogP contribution in [-0.4, -0.2) is 44.2 Å². The SMILES string of the molecule is Nc1nc(N2CCC(O)CC2)c2[nH]cnc2n1. The maximum Gasteiger partial charge on any atom is 0.224 e. The van der Waals surface area contributed by atoms with Crippen molar-refractivity contribution in [3.8, 4) is 0 Å². The smallest absolute Gasteiger partial charge is 0.224 e. The van der Waals surface area contributed by atoms with Crippen LogP contribution in [-0.2, 0) is 0 Å². The molecule has 0 unspecified atom stereocenters. The van der Waals surface area contributed by atoms with Crippen molar-refractivity contribution in [2.75, 3.05) is 23.7 Å². The second-order valence-electron chi connectivity index (χ2n) is 4.22. The maximum atomic E-state index is 9.50. The molecule has 0 amide bonds. The molecule has 17 heavy (non-hydrogen) atoms. The van der Waals surface area contributed by atoms with E-state index in [1.165, 1.54) is 0 Å². The van der Waals surface area contributed by atoms with Crippen LogP contribution in [0.25, 0.3) is 11.2 Å². The topological polar surface area (TPSA) is 104 Å². The van der Waals surface area contributed by atoms with Gasteiger partial charge in [0.2, 0.25) is 5.95 Å². The highest BCUT2D eigenvalue weighted by Crippen LogP contribution is 2.24. The minimum absolute atomic E-state index is 0.206. The molecule has 0 atom stereocenters. The van der Waals surface area contributed by atoms with Crippen LogP contribution in [0.5, 0.6) is 0 Å². The van der Waals surface area contributed by atoms with Gasteiger partial charge < -0.3 is 20.7 Å². The lowest BCUT2D eigenvalue weighted by atomic mass is 10.1. The predicted octanol–water partition coefficient (Wildman–Crippen LogP) is -0.104. The van der Waals surface area contributed by atoms with Gasteiger partial charge in [-0.3, -0.25) is 0 Å². The van der Waals surface area contributed by atoms with Crippen LogP contribution < -0.4 is 10.6 Å². The van der Waals surface area contributed by atoms with E-state index in [0.717, 1.165) is 37.3 Å². The van der Waals surface area contributed by atoms with E-state index >= 15 is 0 Å². The largest absolute Gasteiger partial charge is 0.393 e. The van der Waals surface area contributed by atoms with Crippen LogP contribution in [0, 0.1) is 0 Å². The van der Waals surface area contributed by atoms with Gasteiger partial charge in [0, 0.05) is 13.1 Å². The van der Waals surface area contributed by atoms with Crippen LogP contribution in [0.1, 0.15) is 12.8 Å². The van der Waals surface area contributed by atoms with Crippen LogP contribution >= 0.6 is 0 Å². The quantitative estimate of drug-likeness (QED) is 0.636. The molecule has 0 bridgehead atoms. The molecule has 7 nitrogen and oxygen atoms in total. The minimum Gasteiger partial charge on any atom is -0.393 e. The molecule has 3 rings (SSSR count). The van der Waals surface area contributed by atoms with Crippen molar-refractivity contribution in [1.29, 1.82) is 0 Å². The zero-order chi connectivity index (χ0) is 11.8. The van der Waals surface area contributed by atoms with Crippen LogP contribution in [0.4, 0.5) is 11.8 Å². The van der Waals surface area contributed by atoms with Gasteiger partial charge >= 0.3 is 0 Å². The molecule has 90 valence electrons. The van der Waals surface area contributed by atoms with Gasteiger partial charge in [-0.2, -0.15) is 9.97 Å². The van der Waals surface area contributed by atoms with Crippen LogP contribution in [0.15, 0.2) is 6.33 Å². The second-order valence-corrected chi connectivity index (χ2v) is 4.22. The van der Waals surface area contributed by atoms with Gasteiger partial charge in [-0.15, -0.1) is 0 Å². The molecule has 1 aliphatic heterocycles. The molecule has 1 aliphatic rings. The summed E-state index contributed by atoms with van der Waals surface area (Å²) in [6, 6.07) is 0. The van der Waals surface area contributed by atoms with Crippen molar-refractivity contribution >= 4 is 22.9 Å². The summed E-state index contributed by atoms with van der Waals surface area (Å²) in [5.41, 5.74) is 7.05. The summed E-state index contributed by atoms with van der Waals surface area (Å²) in [6.07, 6.45) is 2.88. The molecular weight excluding hydrogens is 220 g/mol. The molecule has 0 radical (unpaired) electrons. The number of anilines is 2. The summed E-state index contributed by atoms with van der Waals surface area (Å²) in [7, 11) is 0. The third-order valence-corrected chi connectivity index (χ3v) is 3.05. The fourth-order valence-electron chi connectivity index (χ4n) is 2.14. The van der Waals surface area contributed by atoms with Crippen LogP contribution in [0.3, 0.4) is 0 Å². The molecule has 1 fully saturated rings. The molecule has 0 saturated carbocycles. The molecular formula is C10H14N6O. The van der Waals surface area contributed by atoms with E-state index in [9.17, 15) is 5.11 Å². The number of aromatic nitrogens is 4. The van der Waals surface area contributed by atoms with Crippen molar-refractivity contribution in [3.63, 3.8) is 0 Å². The van der Waals surface area contributed by atoms with Crippen molar-refractivity contribution < 1.29 is 5.11 Å². The van der Waals surface area contributed by atoms with E-state index in [-0.39, 0.29) is 12.1 Å². The number of nitrogens with two attached hydrogens (primary N) is 1. The van der Waals surface area contributed by atoms with E-state index < -0.39 is 0 Å². The Kier molecular flexibility index (Phi) is 2.32. The second kappa shape index (κ2) is 3.85. The number of nitrogens with one attached hydrogen (secondary N) is 1. The Hall–Kier alpha value is -1.89. The Morgan fingerprint density at radius 3 is 2.88 bits per heavy atom. The summed E-state index contributed by atoms with van der Waals surface area (Å²) < 4.78 is 0. The Labute approximate surface area is 97.7 Å². The summed E-state index contributed by atoms with van der Waals surface area (Å²) in [4.78, 5) is 17.5. The van der Waals surface area contributed by atoms with Crippen molar-refractivity contribution in [1.82, 2.24) is 19.9 Å². The number of aliphatic hydroxyl groups is 1. The number of fused-ring (bicyclic) bond motifs is 1. The Balaban J connectivity index is 2.01. The highest BCUT2D eigenvalue weighted by molar-refractivity contribution is 5.84. The fourth-order valence-corrected chi connectivity index (χ4v) is 2.14. The molecule has 2 aromatic rings. The minimum atomic E-state index is -0.206. The summed E-state index contributed by atoms with van der Waals surface area (Å²) >= 11 is 0. The van der Waals surface area contributed by atoms with Gasteiger partial charge in [-0.1, -0.05) is 0 Å². The van der Waals surface area contributed by atoms with Gasteiger partial charge in [0.25, 0.3) is 0 Å². The highest BCUT2D eigenvalue weighted by atomic mass is 16.3. The Morgan fingerprint density at radius 2 is 2.12 bits per heavy atom. The number of aromatic amines is 1. The third-order valence-electron chi connectivity index (χ3n) is 3.05. The number of hydrogen-bond acceptors (Lipinski definition) is 6. The number of H-pyrrole nitrogens is 1. The van der Waals surface area contributed by atoms with E-state index in [1.807, 2.05) is 0 Å². The lowest BCUT2D eigenvalue weighted by Gasteiger charge is -2.30. The van der Waals surface area contributed by atoms with Gasteiger partial charge in [-0.25, -0.2) is 4.98 Å². The predicted molar refractivity (Wildman–Crippen MR) is 63.5 cm³/mol. The molecule has 3 heterocycles. The van der Waals surface area contributed by atoms with E-state index in [0.29, 0.717) is 5.65 Å². The number of nitrogen functional groups attached to an aromatic ring is 1. The van der Waals surface area contributed by atoms with Gasteiger partial charge in [0.15, 0.2) is 11.5 Å². The first-order chi connectivity index (χ1) is 8.24. The first-order valence-corrected chi connectivity index (χ1v) is 5.63. The lowest BCUT2D eigenvalue weighted by Crippen LogP contribution is -2.36. The monoisotopic (exact) mass is 234 g/mol. The molecule has 4 N–H and O–H groups in total. The molecule has 0 aromatic carbocycles. The molecule has 7 heteroatoms. The number of hydrogen-bond donors (Lipinski definition) is 3. The summed E-state index contributed by atoms with van der Waals surface area (Å²) in [5.74, 6) is 1.00. The van der Waals surface area contributed by atoms with Gasteiger partial charge in [-0.05, 0) is 12.8 Å².